The van der Waals surface area contributed by atoms with Gasteiger partial charge in [-0.25, -0.2) is 4.39 Å². The Bertz CT molecular complexity index is 550. The molecule has 0 radical (unpaired) electrons. The Labute approximate surface area is 147 Å². The molecule has 0 bridgehead atoms. The number of thiocarbonyl (C=S) groups is 2. The molecule has 23 heavy (non-hydrogen) atoms. The topological polar surface area (TPSA) is 48.1 Å². The van der Waals surface area contributed by atoms with Crippen LogP contribution in [0.3, 0.4) is 0 Å². The van der Waals surface area contributed by atoms with Gasteiger partial charge in [-0.1, -0.05) is 26.7 Å². The summed E-state index contributed by atoms with van der Waals surface area (Å²) in [5, 5.41) is 7.19. The van der Waals surface area contributed by atoms with Crippen LogP contribution in [0.1, 0.15) is 33.1 Å². The van der Waals surface area contributed by atoms with Crippen LogP contribution in [0.4, 0.5) is 10.1 Å². The van der Waals surface area contributed by atoms with E-state index in [1.807, 2.05) is 0 Å². The third-order valence-corrected chi connectivity index (χ3v) is 4.84. The van der Waals surface area contributed by atoms with Crippen molar-refractivity contribution in [1.29, 1.82) is 0 Å². The smallest absolute Gasteiger partial charge is 0.189 e. The van der Waals surface area contributed by atoms with Gasteiger partial charge in [-0.2, -0.15) is 0 Å². The maximum Gasteiger partial charge on any atom is 0.189 e. The summed E-state index contributed by atoms with van der Waals surface area (Å²) in [4.78, 5) is 0. The fourth-order valence-electron chi connectivity index (χ4n) is 2.80. The first-order valence-corrected chi connectivity index (χ1v) is 8.66. The van der Waals surface area contributed by atoms with Crippen LogP contribution < -0.4 is 21.5 Å². The van der Waals surface area contributed by atoms with Gasteiger partial charge in [0.15, 0.2) is 10.2 Å². The summed E-state index contributed by atoms with van der Waals surface area (Å²) in [6.45, 7) is 4.55. The van der Waals surface area contributed by atoms with E-state index in [2.05, 4.69) is 35.3 Å². The highest BCUT2D eigenvalue weighted by atomic mass is 32.1. The number of hydrazine groups is 1. The van der Waals surface area contributed by atoms with E-state index >= 15 is 0 Å². The maximum atomic E-state index is 12.8. The average Bonchev–Trinajstić information content (AvgIpc) is 2.52. The molecule has 7 heteroatoms. The molecule has 0 spiro atoms. The fraction of sp³-hybridized carbons (Fsp3) is 0.500. The minimum atomic E-state index is -0.284. The van der Waals surface area contributed by atoms with Gasteiger partial charge in [-0.3, -0.25) is 10.9 Å². The van der Waals surface area contributed by atoms with Crippen molar-refractivity contribution in [2.24, 2.45) is 11.8 Å². The lowest BCUT2D eigenvalue weighted by atomic mass is 9.78. The Morgan fingerprint density at radius 1 is 1.04 bits per heavy atom. The van der Waals surface area contributed by atoms with Gasteiger partial charge < -0.3 is 10.6 Å². The molecule has 1 saturated carbocycles. The van der Waals surface area contributed by atoms with E-state index in [4.69, 9.17) is 24.4 Å². The highest BCUT2D eigenvalue weighted by Gasteiger charge is 2.27. The number of rotatable bonds is 2. The van der Waals surface area contributed by atoms with Crippen LogP contribution in [0.25, 0.3) is 0 Å². The quantitative estimate of drug-likeness (QED) is 0.483. The number of halogens is 1. The average molecular weight is 355 g/mol. The molecule has 4 nitrogen and oxygen atoms in total. The van der Waals surface area contributed by atoms with Gasteiger partial charge in [0.1, 0.15) is 5.82 Å². The number of hydrogen-bond donors (Lipinski definition) is 4. The molecule has 0 unspecified atom stereocenters. The second kappa shape index (κ2) is 8.40. The molecule has 1 aliphatic rings. The lowest BCUT2D eigenvalue weighted by Crippen LogP contribution is -2.53. The van der Waals surface area contributed by atoms with Crippen molar-refractivity contribution in [2.75, 3.05) is 5.32 Å². The standard InChI is InChI=1S/C16H23FN4S2/c1-10-4-3-5-14(11(10)2)19-16(23)21-20-15(22)18-13-8-6-12(17)7-9-13/h6-11,14H,3-5H2,1-2H3,(H2,18,20,22)(H2,19,21,23)/t10-,11+,14-/m0/s1. The zero-order chi connectivity index (χ0) is 16.8. The SMILES string of the molecule is C[C@H]1[C@@H](NC(=S)NNC(=S)Nc2ccc(F)cc2)CCC[C@@H]1C. The molecule has 1 fully saturated rings. The van der Waals surface area contributed by atoms with Gasteiger partial charge >= 0.3 is 0 Å². The maximum absolute atomic E-state index is 12.8. The Morgan fingerprint density at radius 3 is 2.39 bits per heavy atom. The summed E-state index contributed by atoms with van der Waals surface area (Å²) < 4.78 is 12.8. The van der Waals surface area contributed by atoms with Gasteiger partial charge in [-0.15, -0.1) is 0 Å². The van der Waals surface area contributed by atoms with Crippen LogP contribution in [-0.4, -0.2) is 16.3 Å². The second-order valence-electron chi connectivity index (χ2n) is 6.06. The third kappa shape index (κ3) is 5.58. The van der Waals surface area contributed by atoms with Crippen molar-refractivity contribution in [3.63, 3.8) is 0 Å². The molecule has 0 aromatic heterocycles. The molecule has 3 atom stereocenters. The molecule has 2 rings (SSSR count). The molecule has 1 aliphatic carbocycles. The predicted molar refractivity (Wildman–Crippen MR) is 101 cm³/mol. The van der Waals surface area contributed by atoms with Gasteiger partial charge in [-0.05, 0) is 67.0 Å². The van der Waals surface area contributed by atoms with Crippen molar-refractivity contribution < 1.29 is 4.39 Å². The first kappa shape index (κ1) is 17.9. The summed E-state index contributed by atoms with van der Waals surface area (Å²) in [5.74, 6) is 1.01. The predicted octanol–water partition coefficient (Wildman–Crippen LogP) is 3.32. The number of benzene rings is 1. The van der Waals surface area contributed by atoms with Crippen molar-refractivity contribution in [3.05, 3.63) is 30.1 Å². The zero-order valence-corrected chi connectivity index (χ0v) is 15.0. The Balaban J connectivity index is 1.73. The Hall–Kier alpha value is -1.47. The molecule has 4 N–H and O–H groups in total. The van der Waals surface area contributed by atoms with E-state index in [0.29, 0.717) is 33.8 Å². The number of nitrogens with one attached hydrogen (secondary N) is 4. The van der Waals surface area contributed by atoms with Gasteiger partial charge in [0, 0.05) is 11.7 Å². The summed E-state index contributed by atoms with van der Waals surface area (Å²) in [5.41, 5.74) is 6.43. The van der Waals surface area contributed by atoms with Crippen molar-refractivity contribution in [1.82, 2.24) is 16.2 Å². The number of anilines is 1. The second-order valence-corrected chi connectivity index (χ2v) is 6.87. The minimum Gasteiger partial charge on any atom is -0.358 e. The largest absolute Gasteiger partial charge is 0.358 e. The molecule has 1 aromatic carbocycles. The van der Waals surface area contributed by atoms with Crippen LogP contribution in [0.2, 0.25) is 0 Å². The first-order chi connectivity index (χ1) is 11.0. The van der Waals surface area contributed by atoms with Crippen molar-refractivity contribution in [3.8, 4) is 0 Å². The molecule has 0 saturated heterocycles. The lowest BCUT2D eigenvalue weighted by Gasteiger charge is -2.35. The van der Waals surface area contributed by atoms with Crippen molar-refractivity contribution in [2.45, 2.75) is 39.2 Å². The molecular weight excluding hydrogens is 331 g/mol. The Morgan fingerprint density at radius 2 is 1.70 bits per heavy atom. The summed E-state index contributed by atoms with van der Waals surface area (Å²) in [7, 11) is 0. The molecule has 0 amide bonds. The van der Waals surface area contributed by atoms with E-state index in [1.54, 1.807) is 12.1 Å². The normalized spacial score (nSPS) is 23.7. The van der Waals surface area contributed by atoms with Crippen molar-refractivity contribution >= 4 is 40.3 Å². The zero-order valence-electron chi connectivity index (χ0n) is 13.4. The van der Waals surface area contributed by atoms with E-state index in [-0.39, 0.29) is 5.82 Å². The lowest BCUT2D eigenvalue weighted by molar-refractivity contribution is 0.224. The summed E-state index contributed by atoms with van der Waals surface area (Å²) in [6, 6.07) is 6.36. The molecular formula is C16H23FN4S2. The van der Waals surface area contributed by atoms with E-state index in [0.717, 1.165) is 6.42 Å². The molecule has 0 heterocycles. The van der Waals surface area contributed by atoms with Crippen LogP contribution >= 0.6 is 24.4 Å². The van der Waals surface area contributed by atoms with E-state index < -0.39 is 0 Å². The Kier molecular flexibility index (Phi) is 6.53. The van der Waals surface area contributed by atoms with Gasteiger partial charge in [0.05, 0.1) is 0 Å². The first-order valence-electron chi connectivity index (χ1n) is 7.85. The minimum absolute atomic E-state index is 0.284. The summed E-state index contributed by atoms with van der Waals surface area (Å²) >= 11 is 10.5. The van der Waals surface area contributed by atoms with Gasteiger partial charge in [0.2, 0.25) is 0 Å². The highest BCUT2D eigenvalue weighted by Crippen LogP contribution is 2.29. The molecule has 126 valence electrons. The fourth-order valence-corrected chi connectivity index (χ4v) is 3.17. The number of hydrogen-bond acceptors (Lipinski definition) is 2. The summed E-state index contributed by atoms with van der Waals surface area (Å²) in [6.07, 6.45) is 3.64. The van der Waals surface area contributed by atoms with Crippen LogP contribution in [0, 0.1) is 17.7 Å². The van der Waals surface area contributed by atoms with Crippen LogP contribution in [-0.2, 0) is 0 Å². The molecule has 0 aliphatic heterocycles. The van der Waals surface area contributed by atoms with Crippen LogP contribution in [0.15, 0.2) is 24.3 Å². The molecule has 1 aromatic rings. The third-order valence-electron chi connectivity index (χ3n) is 4.41. The van der Waals surface area contributed by atoms with Gasteiger partial charge in [0.25, 0.3) is 0 Å². The van der Waals surface area contributed by atoms with Crippen LogP contribution in [0.5, 0.6) is 0 Å². The highest BCUT2D eigenvalue weighted by molar-refractivity contribution is 7.80. The van der Waals surface area contributed by atoms with E-state index in [1.165, 1.54) is 25.0 Å². The monoisotopic (exact) mass is 354 g/mol. The van der Waals surface area contributed by atoms with E-state index in [9.17, 15) is 4.39 Å².